The number of rotatable bonds is 10. The molecule has 0 N–H and O–H groups in total. The van der Waals surface area contributed by atoms with Crippen molar-refractivity contribution in [3.63, 3.8) is 0 Å². The number of hydrogen-bond donors (Lipinski definition) is 0. The molecular weight excluding hydrogens is 232 g/mol. The van der Waals surface area contributed by atoms with E-state index in [1.807, 2.05) is 6.07 Å². The van der Waals surface area contributed by atoms with Crippen molar-refractivity contribution >= 4 is 0 Å². The van der Waals surface area contributed by atoms with Gasteiger partial charge in [0.1, 0.15) is 5.75 Å². The zero-order valence-electron chi connectivity index (χ0n) is 13.0. The Hall–Kier alpha value is -0.980. The smallest absolute Gasteiger partial charge is 0.122 e. The van der Waals surface area contributed by atoms with Crippen LogP contribution in [0.25, 0.3) is 0 Å². The molecule has 1 atom stereocenters. The van der Waals surface area contributed by atoms with Gasteiger partial charge in [0, 0.05) is 0 Å². The molecule has 1 rings (SSSR count). The third kappa shape index (κ3) is 6.13. The SMILES string of the molecule is CCCCCCCCCC(C)c1ccccc1OC. The van der Waals surface area contributed by atoms with Crippen molar-refractivity contribution in [3.05, 3.63) is 29.8 Å². The van der Waals surface area contributed by atoms with Crippen LogP contribution in [0, 0.1) is 0 Å². The molecule has 0 radical (unpaired) electrons. The van der Waals surface area contributed by atoms with Gasteiger partial charge in [-0.1, -0.05) is 77.0 Å². The molecule has 19 heavy (non-hydrogen) atoms. The third-order valence-corrected chi connectivity index (χ3v) is 3.91. The van der Waals surface area contributed by atoms with E-state index in [1.165, 1.54) is 56.9 Å². The van der Waals surface area contributed by atoms with Gasteiger partial charge in [-0.3, -0.25) is 0 Å². The van der Waals surface area contributed by atoms with Gasteiger partial charge in [0.2, 0.25) is 0 Å². The molecule has 0 fully saturated rings. The normalized spacial score (nSPS) is 12.4. The van der Waals surface area contributed by atoms with Crippen LogP contribution < -0.4 is 4.74 Å². The highest BCUT2D eigenvalue weighted by atomic mass is 16.5. The molecule has 0 aliphatic rings. The highest BCUT2D eigenvalue weighted by molar-refractivity contribution is 5.35. The van der Waals surface area contributed by atoms with Crippen molar-refractivity contribution in [3.8, 4) is 5.75 Å². The fraction of sp³-hybridized carbons (Fsp3) is 0.667. The molecule has 1 aromatic rings. The maximum Gasteiger partial charge on any atom is 0.122 e. The van der Waals surface area contributed by atoms with E-state index < -0.39 is 0 Å². The van der Waals surface area contributed by atoms with Gasteiger partial charge in [0.05, 0.1) is 7.11 Å². The summed E-state index contributed by atoms with van der Waals surface area (Å²) >= 11 is 0. The minimum absolute atomic E-state index is 0.604. The summed E-state index contributed by atoms with van der Waals surface area (Å²) in [6.07, 6.45) is 11.0. The summed E-state index contributed by atoms with van der Waals surface area (Å²) in [6.45, 7) is 4.59. The number of methoxy groups -OCH3 is 1. The maximum atomic E-state index is 5.44. The van der Waals surface area contributed by atoms with E-state index >= 15 is 0 Å². The lowest BCUT2D eigenvalue weighted by Gasteiger charge is -2.15. The predicted molar refractivity (Wildman–Crippen MR) is 84.0 cm³/mol. The van der Waals surface area contributed by atoms with Crippen LogP contribution in [0.15, 0.2) is 24.3 Å². The summed E-state index contributed by atoms with van der Waals surface area (Å²) in [5, 5.41) is 0. The zero-order chi connectivity index (χ0) is 13.9. The quantitative estimate of drug-likeness (QED) is 0.474. The fourth-order valence-electron chi connectivity index (χ4n) is 2.64. The zero-order valence-corrected chi connectivity index (χ0v) is 13.0. The lowest BCUT2D eigenvalue weighted by molar-refractivity contribution is 0.404. The summed E-state index contributed by atoms with van der Waals surface area (Å²) in [7, 11) is 1.76. The maximum absolute atomic E-state index is 5.44. The second-order valence-corrected chi connectivity index (χ2v) is 5.55. The average Bonchev–Trinajstić information content (AvgIpc) is 2.46. The summed E-state index contributed by atoms with van der Waals surface area (Å²) in [5.74, 6) is 1.64. The van der Waals surface area contributed by atoms with E-state index in [9.17, 15) is 0 Å². The van der Waals surface area contributed by atoms with Crippen LogP contribution in [-0.2, 0) is 0 Å². The number of hydrogen-bond acceptors (Lipinski definition) is 1. The van der Waals surface area contributed by atoms with Crippen LogP contribution in [-0.4, -0.2) is 7.11 Å². The monoisotopic (exact) mass is 262 g/mol. The molecule has 0 aliphatic heterocycles. The summed E-state index contributed by atoms with van der Waals surface area (Å²) in [4.78, 5) is 0. The highest BCUT2D eigenvalue weighted by Crippen LogP contribution is 2.29. The molecule has 0 saturated heterocycles. The van der Waals surface area contributed by atoms with Crippen molar-refractivity contribution in [2.45, 2.75) is 71.1 Å². The first kappa shape index (κ1) is 16.1. The molecule has 0 spiro atoms. The fourth-order valence-corrected chi connectivity index (χ4v) is 2.64. The van der Waals surface area contributed by atoms with Crippen molar-refractivity contribution in [2.75, 3.05) is 7.11 Å². The first-order chi connectivity index (χ1) is 9.29. The second kappa shape index (κ2) is 9.89. The minimum atomic E-state index is 0.604. The van der Waals surface area contributed by atoms with E-state index in [0.717, 1.165) is 5.75 Å². The Balaban J connectivity index is 2.22. The van der Waals surface area contributed by atoms with Crippen LogP contribution in [0.1, 0.15) is 76.7 Å². The Morgan fingerprint density at radius 3 is 2.26 bits per heavy atom. The number of para-hydroxylation sites is 1. The Kier molecular flexibility index (Phi) is 8.36. The molecule has 0 heterocycles. The molecule has 1 heteroatoms. The van der Waals surface area contributed by atoms with Gasteiger partial charge in [0.25, 0.3) is 0 Å². The molecular formula is C18H30O. The molecule has 0 amide bonds. The number of ether oxygens (including phenoxy) is 1. The molecule has 1 aromatic carbocycles. The summed E-state index contributed by atoms with van der Waals surface area (Å²) in [5.41, 5.74) is 1.36. The van der Waals surface area contributed by atoms with Crippen molar-refractivity contribution in [2.24, 2.45) is 0 Å². The number of benzene rings is 1. The largest absolute Gasteiger partial charge is 0.496 e. The summed E-state index contributed by atoms with van der Waals surface area (Å²) in [6, 6.07) is 8.42. The van der Waals surface area contributed by atoms with Crippen LogP contribution in [0.2, 0.25) is 0 Å². The Labute approximate surface area is 119 Å². The van der Waals surface area contributed by atoms with Gasteiger partial charge in [-0.15, -0.1) is 0 Å². The third-order valence-electron chi connectivity index (χ3n) is 3.91. The Morgan fingerprint density at radius 2 is 1.58 bits per heavy atom. The van der Waals surface area contributed by atoms with Crippen molar-refractivity contribution in [1.82, 2.24) is 0 Å². The van der Waals surface area contributed by atoms with E-state index in [2.05, 4.69) is 32.0 Å². The van der Waals surface area contributed by atoms with Crippen LogP contribution >= 0.6 is 0 Å². The van der Waals surface area contributed by atoms with Gasteiger partial charge in [0.15, 0.2) is 0 Å². The lowest BCUT2D eigenvalue weighted by Crippen LogP contribution is -1.97. The first-order valence-corrected chi connectivity index (χ1v) is 7.92. The van der Waals surface area contributed by atoms with E-state index in [-0.39, 0.29) is 0 Å². The molecule has 1 nitrogen and oxygen atoms in total. The molecule has 108 valence electrons. The molecule has 1 unspecified atom stereocenters. The van der Waals surface area contributed by atoms with E-state index in [1.54, 1.807) is 7.11 Å². The van der Waals surface area contributed by atoms with Gasteiger partial charge in [-0.05, 0) is 24.0 Å². The van der Waals surface area contributed by atoms with E-state index in [0.29, 0.717) is 5.92 Å². The Bertz CT molecular complexity index is 332. The predicted octanol–water partition coefficient (Wildman–Crippen LogP) is 5.94. The van der Waals surface area contributed by atoms with Gasteiger partial charge in [-0.2, -0.15) is 0 Å². The van der Waals surface area contributed by atoms with Crippen molar-refractivity contribution < 1.29 is 4.74 Å². The molecule has 0 bridgehead atoms. The van der Waals surface area contributed by atoms with Gasteiger partial charge >= 0.3 is 0 Å². The molecule has 0 aliphatic carbocycles. The van der Waals surface area contributed by atoms with Crippen LogP contribution in [0.4, 0.5) is 0 Å². The second-order valence-electron chi connectivity index (χ2n) is 5.55. The molecule has 0 aromatic heterocycles. The minimum Gasteiger partial charge on any atom is -0.496 e. The number of unbranched alkanes of at least 4 members (excludes halogenated alkanes) is 6. The van der Waals surface area contributed by atoms with Crippen molar-refractivity contribution in [1.29, 1.82) is 0 Å². The highest BCUT2D eigenvalue weighted by Gasteiger charge is 2.10. The van der Waals surface area contributed by atoms with Gasteiger partial charge < -0.3 is 4.74 Å². The lowest BCUT2D eigenvalue weighted by atomic mass is 9.94. The molecule has 0 saturated carbocycles. The van der Waals surface area contributed by atoms with E-state index in [4.69, 9.17) is 4.74 Å². The van der Waals surface area contributed by atoms with Gasteiger partial charge in [-0.25, -0.2) is 0 Å². The first-order valence-electron chi connectivity index (χ1n) is 7.92. The Morgan fingerprint density at radius 1 is 0.947 bits per heavy atom. The average molecular weight is 262 g/mol. The topological polar surface area (TPSA) is 9.23 Å². The van der Waals surface area contributed by atoms with Crippen LogP contribution in [0.5, 0.6) is 5.75 Å². The summed E-state index contributed by atoms with van der Waals surface area (Å²) < 4.78 is 5.44. The van der Waals surface area contributed by atoms with Crippen LogP contribution in [0.3, 0.4) is 0 Å². The standard InChI is InChI=1S/C18H30O/c1-4-5-6-7-8-9-10-13-16(2)17-14-11-12-15-18(17)19-3/h11-12,14-16H,4-10,13H2,1-3H3.